The minimum Gasteiger partial charge on any atom is -0.404 e. The van der Waals surface area contributed by atoms with Gasteiger partial charge >= 0.3 is 5.88 Å². The quantitative estimate of drug-likeness (QED) is 0.456. The first-order valence-corrected chi connectivity index (χ1v) is 6.79. The van der Waals surface area contributed by atoms with Crippen LogP contribution in [-0.2, 0) is 0 Å². The first kappa shape index (κ1) is 11.8. The van der Waals surface area contributed by atoms with Gasteiger partial charge in [-0.1, -0.05) is 15.9 Å². The van der Waals surface area contributed by atoms with Crippen molar-refractivity contribution in [1.29, 1.82) is 0 Å². The molecule has 84 valence electrons. The number of alkyl halides is 1. The van der Waals surface area contributed by atoms with E-state index in [-0.39, 0.29) is 10.7 Å². The van der Waals surface area contributed by atoms with E-state index in [1.54, 1.807) is 17.4 Å². The van der Waals surface area contributed by atoms with Crippen molar-refractivity contribution in [2.45, 2.75) is 4.83 Å². The molecule has 2 heterocycles. The Morgan fingerprint density at radius 1 is 1.44 bits per heavy atom. The molecule has 4 nitrogen and oxygen atoms in total. The molecular formula is C9H5Br2NO3S. The highest BCUT2D eigenvalue weighted by Crippen LogP contribution is 2.40. The molecule has 0 aliphatic rings. The third-order valence-corrected chi connectivity index (χ3v) is 5.07. The van der Waals surface area contributed by atoms with Crippen LogP contribution in [-0.4, -0.2) is 4.92 Å². The Labute approximate surface area is 112 Å². The normalized spacial score (nSPS) is 12.6. The molecule has 0 spiro atoms. The van der Waals surface area contributed by atoms with Gasteiger partial charge in [0, 0.05) is 9.35 Å². The predicted octanol–water partition coefficient (Wildman–Crippen LogP) is 4.50. The second-order valence-electron chi connectivity index (χ2n) is 2.93. The average Bonchev–Trinajstić information content (AvgIpc) is 2.84. The highest BCUT2D eigenvalue weighted by molar-refractivity contribution is 9.11. The fourth-order valence-electron chi connectivity index (χ4n) is 1.19. The van der Waals surface area contributed by atoms with Crippen molar-refractivity contribution in [3.05, 3.63) is 48.8 Å². The summed E-state index contributed by atoms with van der Waals surface area (Å²) < 4.78 is 6.08. The number of hydrogen-bond donors (Lipinski definition) is 0. The fraction of sp³-hybridized carbons (Fsp3) is 0.111. The fourth-order valence-corrected chi connectivity index (χ4v) is 3.90. The molecule has 2 aromatic rings. The van der Waals surface area contributed by atoms with Crippen LogP contribution >= 0.6 is 43.2 Å². The Kier molecular flexibility index (Phi) is 3.46. The van der Waals surface area contributed by atoms with Gasteiger partial charge in [-0.15, -0.1) is 11.3 Å². The van der Waals surface area contributed by atoms with Crippen molar-refractivity contribution in [2.75, 3.05) is 0 Å². The molecule has 7 heteroatoms. The van der Waals surface area contributed by atoms with Crippen LogP contribution in [0.1, 0.15) is 15.5 Å². The second kappa shape index (κ2) is 4.68. The summed E-state index contributed by atoms with van der Waals surface area (Å²) in [5.41, 5.74) is 0. The summed E-state index contributed by atoms with van der Waals surface area (Å²) in [5, 5.41) is 12.4. The van der Waals surface area contributed by atoms with Gasteiger partial charge in [0.15, 0.2) is 0 Å². The Hall–Kier alpha value is -0.660. The number of furan rings is 1. The molecule has 16 heavy (non-hydrogen) atoms. The molecular weight excluding hydrogens is 362 g/mol. The first-order valence-electron chi connectivity index (χ1n) is 4.20. The van der Waals surface area contributed by atoms with Crippen LogP contribution < -0.4 is 0 Å². The van der Waals surface area contributed by atoms with Crippen LogP contribution in [0, 0.1) is 10.1 Å². The third-order valence-electron chi connectivity index (χ3n) is 1.92. The van der Waals surface area contributed by atoms with Crippen molar-refractivity contribution in [3.63, 3.8) is 0 Å². The van der Waals surface area contributed by atoms with E-state index in [9.17, 15) is 10.1 Å². The highest BCUT2D eigenvalue weighted by Gasteiger charge is 2.21. The van der Waals surface area contributed by atoms with Crippen LogP contribution in [0.4, 0.5) is 5.88 Å². The maximum absolute atomic E-state index is 10.5. The zero-order valence-electron chi connectivity index (χ0n) is 7.72. The largest absolute Gasteiger partial charge is 0.433 e. The average molecular weight is 367 g/mol. The van der Waals surface area contributed by atoms with Crippen LogP contribution in [0.2, 0.25) is 0 Å². The number of rotatable bonds is 3. The molecule has 0 saturated heterocycles. The van der Waals surface area contributed by atoms with Gasteiger partial charge in [0.2, 0.25) is 0 Å². The molecule has 0 fully saturated rings. The van der Waals surface area contributed by atoms with Gasteiger partial charge in [-0.25, -0.2) is 0 Å². The number of nitro groups is 1. The lowest BCUT2D eigenvalue weighted by Gasteiger charge is -2.03. The van der Waals surface area contributed by atoms with E-state index >= 15 is 0 Å². The summed E-state index contributed by atoms with van der Waals surface area (Å²) in [7, 11) is 0. The van der Waals surface area contributed by atoms with Crippen molar-refractivity contribution in [1.82, 2.24) is 0 Å². The van der Waals surface area contributed by atoms with E-state index in [0.717, 1.165) is 9.35 Å². The summed E-state index contributed by atoms with van der Waals surface area (Å²) >= 11 is 8.40. The Bertz CT molecular complexity index is 522. The zero-order valence-corrected chi connectivity index (χ0v) is 11.7. The molecule has 2 aromatic heterocycles. The van der Waals surface area contributed by atoms with E-state index in [4.69, 9.17) is 4.42 Å². The predicted molar refractivity (Wildman–Crippen MR) is 68.2 cm³/mol. The van der Waals surface area contributed by atoms with Crippen LogP contribution in [0.15, 0.2) is 32.5 Å². The Balaban J connectivity index is 2.31. The Morgan fingerprint density at radius 3 is 2.69 bits per heavy atom. The molecule has 0 amide bonds. The monoisotopic (exact) mass is 365 g/mol. The maximum atomic E-state index is 10.5. The lowest BCUT2D eigenvalue weighted by molar-refractivity contribution is -0.402. The van der Waals surface area contributed by atoms with Gasteiger partial charge < -0.3 is 4.42 Å². The minimum atomic E-state index is -0.549. The van der Waals surface area contributed by atoms with Gasteiger partial charge in [-0.05, 0) is 33.4 Å². The molecule has 1 atom stereocenters. The van der Waals surface area contributed by atoms with E-state index in [1.807, 2.05) is 11.4 Å². The standard InChI is InChI=1S/C9H5Br2NO3S/c10-5-3-4-16-9(5)8(11)6-1-2-7(15-6)12(13)14/h1-4,8H. The van der Waals surface area contributed by atoms with Crippen molar-refractivity contribution >= 4 is 49.1 Å². The second-order valence-corrected chi connectivity index (χ2v) is 5.65. The number of thiophene rings is 1. The van der Waals surface area contributed by atoms with E-state index in [0.29, 0.717) is 5.76 Å². The molecule has 0 aliphatic heterocycles. The Morgan fingerprint density at radius 2 is 2.19 bits per heavy atom. The van der Waals surface area contributed by atoms with Gasteiger partial charge in [0.1, 0.15) is 15.5 Å². The van der Waals surface area contributed by atoms with Crippen molar-refractivity contribution < 1.29 is 9.34 Å². The molecule has 0 N–H and O–H groups in total. The lowest BCUT2D eigenvalue weighted by Crippen LogP contribution is -1.88. The van der Waals surface area contributed by atoms with Crippen LogP contribution in [0.25, 0.3) is 0 Å². The van der Waals surface area contributed by atoms with E-state index < -0.39 is 4.92 Å². The summed E-state index contributed by atoms with van der Waals surface area (Å²) in [5.74, 6) is 0.280. The minimum absolute atomic E-state index is 0.171. The van der Waals surface area contributed by atoms with Crippen LogP contribution in [0.3, 0.4) is 0 Å². The topological polar surface area (TPSA) is 56.3 Å². The molecule has 0 bridgehead atoms. The molecule has 1 unspecified atom stereocenters. The highest BCUT2D eigenvalue weighted by atomic mass is 79.9. The maximum Gasteiger partial charge on any atom is 0.433 e. The van der Waals surface area contributed by atoms with E-state index in [1.165, 1.54) is 6.07 Å². The molecule has 0 aliphatic carbocycles. The molecule has 0 aromatic carbocycles. The first-order chi connectivity index (χ1) is 7.59. The van der Waals surface area contributed by atoms with Gasteiger partial charge in [0.25, 0.3) is 0 Å². The number of halogens is 2. The zero-order chi connectivity index (χ0) is 11.7. The van der Waals surface area contributed by atoms with Gasteiger partial charge in [-0.2, -0.15) is 0 Å². The molecule has 0 saturated carbocycles. The number of nitrogens with zero attached hydrogens (tertiary/aromatic N) is 1. The summed E-state index contributed by atoms with van der Waals surface area (Å²) in [6, 6.07) is 4.88. The SMILES string of the molecule is O=[N+]([O-])c1ccc(C(Br)c2sccc2Br)o1. The van der Waals surface area contributed by atoms with E-state index in [2.05, 4.69) is 31.9 Å². The van der Waals surface area contributed by atoms with Crippen molar-refractivity contribution in [2.24, 2.45) is 0 Å². The molecule has 0 radical (unpaired) electrons. The summed E-state index contributed by atoms with van der Waals surface area (Å²) in [6.45, 7) is 0. The van der Waals surface area contributed by atoms with Crippen LogP contribution in [0.5, 0.6) is 0 Å². The van der Waals surface area contributed by atoms with Gasteiger partial charge in [-0.3, -0.25) is 10.1 Å². The summed E-state index contributed by atoms with van der Waals surface area (Å²) in [4.78, 5) is 10.8. The van der Waals surface area contributed by atoms with Gasteiger partial charge in [0.05, 0.1) is 6.07 Å². The number of hydrogen-bond acceptors (Lipinski definition) is 4. The smallest absolute Gasteiger partial charge is 0.404 e. The molecule has 2 rings (SSSR count). The lowest BCUT2D eigenvalue weighted by atomic mass is 10.3. The van der Waals surface area contributed by atoms with Crippen molar-refractivity contribution in [3.8, 4) is 0 Å². The third kappa shape index (κ3) is 2.21. The summed E-state index contributed by atoms with van der Waals surface area (Å²) in [6.07, 6.45) is 0.